The van der Waals surface area contributed by atoms with E-state index >= 15 is 0 Å². The molecule has 0 radical (unpaired) electrons. The summed E-state index contributed by atoms with van der Waals surface area (Å²) in [6.07, 6.45) is 4.39. The molecule has 0 fully saturated rings. The van der Waals surface area contributed by atoms with E-state index in [2.05, 4.69) is 10.3 Å². The van der Waals surface area contributed by atoms with Gasteiger partial charge in [-0.3, -0.25) is 9.78 Å². The van der Waals surface area contributed by atoms with E-state index in [1.807, 2.05) is 19.0 Å². The first-order valence-electron chi connectivity index (χ1n) is 6.54. The van der Waals surface area contributed by atoms with Gasteiger partial charge < -0.3 is 10.2 Å². The van der Waals surface area contributed by atoms with Crippen molar-refractivity contribution in [1.82, 2.24) is 19.5 Å². The molecule has 0 aliphatic rings. The molecule has 0 bridgehead atoms. The SMILES string of the molecule is CN(C)CCN(CC(=O)NCc1ccncc1)S(C)(=O)=O. The van der Waals surface area contributed by atoms with Crippen molar-refractivity contribution in [2.75, 3.05) is 40.0 Å². The van der Waals surface area contributed by atoms with Crippen LogP contribution in [0.3, 0.4) is 0 Å². The van der Waals surface area contributed by atoms with Crippen molar-refractivity contribution in [3.05, 3.63) is 30.1 Å². The molecule has 1 amide bonds. The molecule has 0 aromatic carbocycles. The molecule has 7 nitrogen and oxygen atoms in total. The van der Waals surface area contributed by atoms with Crippen molar-refractivity contribution in [1.29, 1.82) is 0 Å². The summed E-state index contributed by atoms with van der Waals surface area (Å²) in [5.74, 6) is -0.323. The van der Waals surface area contributed by atoms with Crippen LogP contribution in [0.15, 0.2) is 24.5 Å². The number of carbonyl (C=O) groups excluding carboxylic acids is 1. The Balaban J connectivity index is 2.52. The summed E-state index contributed by atoms with van der Waals surface area (Å²) < 4.78 is 24.5. The largest absolute Gasteiger partial charge is 0.351 e. The van der Waals surface area contributed by atoms with Gasteiger partial charge in [0.05, 0.1) is 12.8 Å². The molecule has 0 saturated carbocycles. The van der Waals surface area contributed by atoms with Gasteiger partial charge in [0.25, 0.3) is 0 Å². The third-order valence-electron chi connectivity index (χ3n) is 2.82. The minimum Gasteiger partial charge on any atom is -0.351 e. The molecule has 1 N–H and O–H groups in total. The van der Waals surface area contributed by atoms with Gasteiger partial charge in [-0.05, 0) is 31.8 Å². The number of likely N-dealkylation sites (N-methyl/N-ethyl adjacent to an activating group) is 1. The van der Waals surface area contributed by atoms with Gasteiger partial charge >= 0.3 is 0 Å². The first kappa shape index (κ1) is 17.5. The topological polar surface area (TPSA) is 82.6 Å². The smallest absolute Gasteiger partial charge is 0.235 e. The van der Waals surface area contributed by atoms with Gasteiger partial charge in [-0.1, -0.05) is 0 Å². The fourth-order valence-corrected chi connectivity index (χ4v) is 2.36. The van der Waals surface area contributed by atoms with Crippen LogP contribution in [0.5, 0.6) is 0 Å². The number of rotatable bonds is 8. The fourth-order valence-electron chi connectivity index (χ4n) is 1.59. The average Bonchev–Trinajstić information content (AvgIpc) is 2.41. The number of pyridine rings is 1. The summed E-state index contributed by atoms with van der Waals surface area (Å²) in [4.78, 5) is 17.6. The van der Waals surface area contributed by atoms with Crippen LogP contribution in [-0.2, 0) is 21.4 Å². The Morgan fingerprint density at radius 3 is 2.38 bits per heavy atom. The van der Waals surface area contributed by atoms with Crippen LogP contribution in [0.4, 0.5) is 0 Å². The third kappa shape index (κ3) is 7.16. The Hall–Kier alpha value is -1.51. The third-order valence-corrected chi connectivity index (χ3v) is 4.07. The lowest BCUT2D eigenvalue weighted by molar-refractivity contribution is -0.121. The summed E-state index contributed by atoms with van der Waals surface area (Å²) in [7, 11) is 0.300. The molecule has 0 aliphatic heterocycles. The monoisotopic (exact) mass is 314 g/mol. The Morgan fingerprint density at radius 1 is 1.24 bits per heavy atom. The van der Waals surface area contributed by atoms with Crippen molar-refractivity contribution in [2.45, 2.75) is 6.54 Å². The van der Waals surface area contributed by atoms with E-state index < -0.39 is 10.0 Å². The molecule has 8 heteroatoms. The lowest BCUT2D eigenvalue weighted by Gasteiger charge is -2.21. The highest BCUT2D eigenvalue weighted by Crippen LogP contribution is 1.99. The van der Waals surface area contributed by atoms with Gasteiger partial charge in [0.2, 0.25) is 15.9 Å². The second-order valence-corrected chi connectivity index (χ2v) is 7.01. The van der Waals surface area contributed by atoms with E-state index in [1.165, 1.54) is 4.31 Å². The summed E-state index contributed by atoms with van der Waals surface area (Å²) in [6, 6.07) is 3.58. The Labute approximate surface area is 126 Å². The van der Waals surface area contributed by atoms with Crippen molar-refractivity contribution < 1.29 is 13.2 Å². The molecule has 1 aromatic rings. The minimum absolute atomic E-state index is 0.169. The van der Waals surface area contributed by atoms with Crippen LogP contribution >= 0.6 is 0 Å². The number of sulfonamides is 1. The van der Waals surface area contributed by atoms with Crippen LogP contribution in [0.25, 0.3) is 0 Å². The van der Waals surface area contributed by atoms with Crippen molar-refractivity contribution in [2.24, 2.45) is 0 Å². The maximum absolute atomic E-state index is 11.9. The lowest BCUT2D eigenvalue weighted by Crippen LogP contribution is -2.42. The molecule has 0 spiro atoms. The molecule has 21 heavy (non-hydrogen) atoms. The Kier molecular flexibility index (Phi) is 6.73. The molecule has 0 unspecified atom stereocenters. The molecule has 1 aromatic heterocycles. The number of aromatic nitrogens is 1. The van der Waals surface area contributed by atoms with Crippen molar-refractivity contribution >= 4 is 15.9 Å². The van der Waals surface area contributed by atoms with Crippen LogP contribution in [0.2, 0.25) is 0 Å². The zero-order chi connectivity index (χ0) is 15.9. The van der Waals surface area contributed by atoms with Gasteiger partial charge in [-0.2, -0.15) is 4.31 Å². The molecule has 0 atom stereocenters. The maximum Gasteiger partial charge on any atom is 0.235 e. The molecular weight excluding hydrogens is 292 g/mol. The van der Waals surface area contributed by atoms with Crippen LogP contribution in [0, 0.1) is 0 Å². The highest BCUT2D eigenvalue weighted by molar-refractivity contribution is 7.88. The minimum atomic E-state index is -3.40. The van der Waals surface area contributed by atoms with Gasteiger partial charge in [-0.25, -0.2) is 8.42 Å². The van der Waals surface area contributed by atoms with E-state index in [4.69, 9.17) is 0 Å². The Morgan fingerprint density at radius 2 is 1.86 bits per heavy atom. The number of nitrogens with zero attached hydrogens (tertiary/aromatic N) is 3. The zero-order valence-electron chi connectivity index (χ0n) is 12.6. The molecular formula is C13H22N4O3S. The van der Waals surface area contributed by atoms with E-state index in [1.54, 1.807) is 24.5 Å². The van der Waals surface area contributed by atoms with Gasteiger partial charge in [-0.15, -0.1) is 0 Å². The Bertz CT molecular complexity index is 546. The van der Waals surface area contributed by atoms with E-state index in [0.717, 1.165) is 11.8 Å². The van der Waals surface area contributed by atoms with Gasteiger partial charge in [0.1, 0.15) is 0 Å². The first-order chi connectivity index (χ1) is 9.79. The molecule has 118 valence electrons. The quantitative estimate of drug-likeness (QED) is 0.701. The molecule has 1 heterocycles. The van der Waals surface area contributed by atoms with Crippen molar-refractivity contribution in [3.8, 4) is 0 Å². The number of amides is 1. The van der Waals surface area contributed by atoms with Crippen LogP contribution in [-0.4, -0.2) is 68.5 Å². The summed E-state index contributed by atoms with van der Waals surface area (Å²) in [6.45, 7) is 1.03. The molecule has 0 saturated heterocycles. The predicted octanol–water partition coefficient (Wildman–Crippen LogP) is -0.479. The second kappa shape index (κ2) is 8.06. The van der Waals surface area contributed by atoms with Crippen LogP contribution < -0.4 is 5.32 Å². The summed E-state index contributed by atoms with van der Waals surface area (Å²) >= 11 is 0. The lowest BCUT2D eigenvalue weighted by atomic mass is 10.3. The predicted molar refractivity (Wildman–Crippen MR) is 81.1 cm³/mol. The summed E-state index contributed by atoms with van der Waals surface area (Å²) in [5.41, 5.74) is 0.914. The van der Waals surface area contributed by atoms with E-state index in [0.29, 0.717) is 13.1 Å². The number of hydrogen-bond donors (Lipinski definition) is 1. The molecule has 0 aliphatic carbocycles. The maximum atomic E-state index is 11.9. The normalized spacial score (nSPS) is 11.9. The van der Waals surface area contributed by atoms with Crippen LogP contribution in [0.1, 0.15) is 5.56 Å². The number of nitrogens with one attached hydrogen (secondary N) is 1. The van der Waals surface area contributed by atoms with E-state index in [9.17, 15) is 13.2 Å². The highest BCUT2D eigenvalue weighted by atomic mass is 32.2. The average molecular weight is 314 g/mol. The standard InChI is InChI=1S/C13H22N4O3S/c1-16(2)8-9-17(21(3,19)20)11-13(18)15-10-12-4-6-14-7-5-12/h4-7H,8-11H2,1-3H3,(H,15,18). The zero-order valence-corrected chi connectivity index (χ0v) is 13.4. The molecule has 1 rings (SSSR count). The first-order valence-corrected chi connectivity index (χ1v) is 8.39. The number of hydrogen-bond acceptors (Lipinski definition) is 5. The summed E-state index contributed by atoms with van der Waals surface area (Å²) in [5, 5.41) is 2.70. The van der Waals surface area contributed by atoms with Gasteiger partial charge in [0, 0.05) is 32.0 Å². The van der Waals surface area contributed by atoms with Crippen molar-refractivity contribution in [3.63, 3.8) is 0 Å². The fraction of sp³-hybridized carbons (Fsp3) is 0.538. The number of carbonyl (C=O) groups is 1. The van der Waals surface area contributed by atoms with Gasteiger partial charge in [0.15, 0.2) is 0 Å². The highest BCUT2D eigenvalue weighted by Gasteiger charge is 2.19. The second-order valence-electron chi connectivity index (χ2n) is 5.03. The van der Waals surface area contributed by atoms with E-state index in [-0.39, 0.29) is 19.0 Å².